The van der Waals surface area contributed by atoms with Crippen molar-refractivity contribution in [2.24, 2.45) is 11.7 Å². The van der Waals surface area contributed by atoms with E-state index in [0.29, 0.717) is 0 Å². The van der Waals surface area contributed by atoms with Crippen LogP contribution in [0.25, 0.3) is 0 Å². The number of carbonyl (C=O) groups is 2. The van der Waals surface area contributed by atoms with E-state index in [4.69, 9.17) is 17.3 Å². The maximum absolute atomic E-state index is 13.6. The molecular weight excluding hydrogens is 266 g/mol. The lowest BCUT2D eigenvalue weighted by molar-refractivity contribution is -0.123. The average Bonchev–Trinajstić information content (AvgIpc) is 2.59. The van der Waals surface area contributed by atoms with Gasteiger partial charge in [-0.3, -0.25) is 9.59 Å². The quantitative estimate of drug-likeness (QED) is 0.887. The normalized spacial score (nSPS) is 19.4. The van der Waals surface area contributed by atoms with Crippen molar-refractivity contribution in [1.29, 1.82) is 0 Å². The Morgan fingerprint density at radius 1 is 1.39 bits per heavy atom. The van der Waals surface area contributed by atoms with Gasteiger partial charge in [0.05, 0.1) is 5.92 Å². The summed E-state index contributed by atoms with van der Waals surface area (Å²) in [5.41, 5.74) is 4.58. The zero-order valence-corrected chi connectivity index (χ0v) is 9.88. The lowest BCUT2D eigenvalue weighted by Crippen LogP contribution is -2.29. The Labute approximate surface area is 106 Å². The molecule has 96 valence electrons. The lowest BCUT2D eigenvalue weighted by atomic mass is 10.1. The van der Waals surface area contributed by atoms with E-state index in [-0.39, 0.29) is 18.0 Å². The van der Waals surface area contributed by atoms with Gasteiger partial charge in [-0.2, -0.15) is 0 Å². The molecule has 0 saturated carbocycles. The van der Waals surface area contributed by atoms with Crippen LogP contribution < -0.4 is 10.6 Å². The molecule has 0 aromatic heterocycles. The zero-order valence-electron chi connectivity index (χ0n) is 9.12. The summed E-state index contributed by atoms with van der Waals surface area (Å²) in [5.74, 6) is -3.83. The van der Waals surface area contributed by atoms with E-state index in [9.17, 15) is 18.4 Å². The second-order valence-corrected chi connectivity index (χ2v) is 4.46. The van der Waals surface area contributed by atoms with Gasteiger partial charge in [0.2, 0.25) is 11.8 Å². The van der Waals surface area contributed by atoms with E-state index in [0.717, 1.165) is 17.0 Å². The Kier molecular flexibility index (Phi) is 3.21. The predicted molar refractivity (Wildman–Crippen MR) is 61.0 cm³/mol. The van der Waals surface area contributed by atoms with Crippen LogP contribution in [0.5, 0.6) is 0 Å². The molecule has 18 heavy (non-hydrogen) atoms. The van der Waals surface area contributed by atoms with E-state index in [2.05, 4.69) is 0 Å². The third kappa shape index (κ3) is 2.15. The van der Waals surface area contributed by atoms with Gasteiger partial charge in [-0.25, -0.2) is 8.78 Å². The van der Waals surface area contributed by atoms with Crippen molar-refractivity contribution in [2.45, 2.75) is 6.42 Å². The summed E-state index contributed by atoms with van der Waals surface area (Å²) >= 11 is 5.49. The first-order valence-electron chi connectivity index (χ1n) is 5.14. The van der Waals surface area contributed by atoms with Crippen LogP contribution in [0.3, 0.4) is 0 Å². The first-order chi connectivity index (χ1) is 8.40. The largest absolute Gasteiger partial charge is 0.369 e. The summed E-state index contributed by atoms with van der Waals surface area (Å²) in [7, 11) is 0. The number of hydrogen-bond acceptors (Lipinski definition) is 2. The molecule has 1 aliphatic heterocycles. The van der Waals surface area contributed by atoms with Crippen LogP contribution in [0.15, 0.2) is 12.1 Å². The topological polar surface area (TPSA) is 63.4 Å². The number of benzene rings is 1. The smallest absolute Gasteiger partial charge is 0.228 e. The Morgan fingerprint density at radius 2 is 1.94 bits per heavy atom. The van der Waals surface area contributed by atoms with Gasteiger partial charge in [0, 0.05) is 18.0 Å². The molecule has 1 fully saturated rings. The monoisotopic (exact) mass is 274 g/mol. The Morgan fingerprint density at radius 3 is 2.39 bits per heavy atom. The highest BCUT2D eigenvalue weighted by Crippen LogP contribution is 2.31. The van der Waals surface area contributed by atoms with Gasteiger partial charge in [-0.05, 0) is 12.1 Å². The predicted octanol–water partition coefficient (Wildman–Crippen LogP) is 1.46. The molecule has 1 saturated heterocycles. The summed E-state index contributed by atoms with van der Waals surface area (Å²) in [5, 5.41) is -0.105. The first-order valence-corrected chi connectivity index (χ1v) is 5.52. The highest BCUT2D eigenvalue weighted by Gasteiger charge is 2.36. The third-order valence-electron chi connectivity index (χ3n) is 2.78. The molecule has 2 rings (SSSR count). The number of amides is 2. The van der Waals surface area contributed by atoms with Crippen molar-refractivity contribution in [1.82, 2.24) is 0 Å². The zero-order chi connectivity index (χ0) is 13.4. The van der Waals surface area contributed by atoms with E-state index in [1.807, 2.05) is 0 Å². The Bertz CT molecular complexity index is 513. The fraction of sp³-hybridized carbons (Fsp3) is 0.273. The summed E-state index contributed by atoms with van der Waals surface area (Å²) in [6.45, 7) is -0.121. The molecular formula is C11H9ClF2N2O2. The minimum absolute atomic E-state index is 0.105. The van der Waals surface area contributed by atoms with Crippen LogP contribution in [0, 0.1) is 17.6 Å². The molecule has 2 N–H and O–H groups in total. The number of rotatable bonds is 2. The average molecular weight is 275 g/mol. The number of nitrogens with zero attached hydrogens (tertiary/aromatic N) is 1. The van der Waals surface area contributed by atoms with E-state index >= 15 is 0 Å². The summed E-state index contributed by atoms with van der Waals surface area (Å²) in [6.07, 6.45) is -0.142. The van der Waals surface area contributed by atoms with Gasteiger partial charge in [-0.1, -0.05) is 11.6 Å². The van der Waals surface area contributed by atoms with Crippen LogP contribution in [0.2, 0.25) is 5.02 Å². The molecule has 1 atom stereocenters. The van der Waals surface area contributed by atoms with Gasteiger partial charge in [0.25, 0.3) is 0 Å². The highest BCUT2D eigenvalue weighted by molar-refractivity contribution is 6.30. The standard InChI is InChI=1S/C11H9ClF2N2O2/c12-6-2-7(13)10(8(14)3-6)16-4-5(11(15)18)1-9(16)17/h2-3,5H,1,4H2,(H2,15,18). The number of halogens is 3. The number of carbonyl (C=O) groups excluding carboxylic acids is 2. The van der Waals surface area contributed by atoms with Gasteiger partial charge in [-0.15, -0.1) is 0 Å². The number of primary amides is 1. The minimum atomic E-state index is -0.946. The number of nitrogens with two attached hydrogens (primary N) is 1. The van der Waals surface area contributed by atoms with Crippen molar-refractivity contribution in [3.05, 3.63) is 28.8 Å². The minimum Gasteiger partial charge on any atom is -0.369 e. The van der Waals surface area contributed by atoms with E-state index in [1.54, 1.807) is 0 Å². The molecule has 0 aliphatic carbocycles. The fourth-order valence-corrected chi connectivity index (χ4v) is 2.10. The van der Waals surface area contributed by atoms with E-state index in [1.165, 1.54) is 0 Å². The number of anilines is 1. The molecule has 1 unspecified atom stereocenters. The van der Waals surface area contributed by atoms with Crippen molar-refractivity contribution in [3.63, 3.8) is 0 Å². The van der Waals surface area contributed by atoms with E-state index < -0.39 is 35.1 Å². The van der Waals surface area contributed by atoms with Gasteiger partial charge in [0.1, 0.15) is 5.69 Å². The van der Waals surface area contributed by atoms with Crippen LogP contribution in [-0.4, -0.2) is 18.4 Å². The molecule has 1 aliphatic rings. The third-order valence-corrected chi connectivity index (χ3v) is 3.00. The second kappa shape index (κ2) is 4.53. The molecule has 0 radical (unpaired) electrons. The van der Waals surface area contributed by atoms with Crippen LogP contribution in [0.1, 0.15) is 6.42 Å². The van der Waals surface area contributed by atoms with Crippen LogP contribution in [0.4, 0.5) is 14.5 Å². The van der Waals surface area contributed by atoms with Crippen LogP contribution in [-0.2, 0) is 9.59 Å². The summed E-state index contributed by atoms with van der Waals surface area (Å²) in [4.78, 5) is 23.5. The van der Waals surface area contributed by atoms with Crippen molar-refractivity contribution in [3.8, 4) is 0 Å². The van der Waals surface area contributed by atoms with Crippen molar-refractivity contribution < 1.29 is 18.4 Å². The Balaban J connectivity index is 2.39. The molecule has 1 aromatic rings. The molecule has 7 heteroatoms. The summed E-state index contributed by atoms with van der Waals surface area (Å²) in [6, 6.07) is 1.82. The summed E-state index contributed by atoms with van der Waals surface area (Å²) < 4.78 is 27.3. The Hall–Kier alpha value is -1.69. The fourth-order valence-electron chi connectivity index (χ4n) is 1.91. The van der Waals surface area contributed by atoms with Gasteiger partial charge < -0.3 is 10.6 Å². The first kappa shape index (κ1) is 12.8. The van der Waals surface area contributed by atoms with Crippen LogP contribution >= 0.6 is 11.6 Å². The molecule has 1 heterocycles. The molecule has 1 aromatic carbocycles. The maximum atomic E-state index is 13.6. The molecule has 0 bridgehead atoms. The van der Waals surface area contributed by atoms with Gasteiger partial charge >= 0.3 is 0 Å². The van der Waals surface area contributed by atoms with Gasteiger partial charge in [0.15, 0.2) is 11.6 Å². The lowest BCUT2D eigenvalue weighted by Gasteiger charge is -2.17. The molecule has 4 nitrogen and oxygen atoms in total. The van der Waals surface area contributed by atoms with Crippen molar-refractivity contribution in [2.75, 3.05) is 11.4 Å². The van der Waals surface area contributed by atoms with Crippen molar-refractivity contribution >= 4 is 29.1 Å². The number of hydrogen-bond donors (Lipinski definition) is 1. The molecule has 2 amide bonds. The SMILES string of the molecule is NC(=O)C1CC(=O)N(c2c(F)cc(Cl)cc2F)C1. The second-order valence-electron chi connectivity index (χ2n) is 4.03. The molecule has 0 spiro atoms. The highest BCUT2D eigenvalue weighted by atomic mass is 35.5. The maximum Gasteiger partial charge on any atom is 0.228 e.